The van der Waals surface area contributed by atoms with Crippen LogP contribution in [-0.4, -0.2) is 10.9 Å². The van der Waals surface area contributed by atoms with Gasteiger partial charge in [0.25, 0.3) is 0 Å². The molecule has 0 saturated carbocycles. The molecule has 1 heterocycles. The maximum Gasteiger partial charge on any atom is 0.248 e. The largest absolute Gasteiger partial charge is 0.366 e. The second-order valence-electron chi connectivity index (χ2n) is 4.42. The van der Waals surface area contributed by atoms with E-state index in [1.54, 1.807) is 18.3 Å². The van der Waals surface area contributed by atoms with Crippen LogP contribution in [0.5, 0.6) is 0 Å². The maximum atomic E-state index is 11.1. The third kappa shape index (κ3) is 3.63. The molecule has 4 heteroatoms. The molecule has 0 fully saturated rings. The van der Waals surface area contributed by atoms with Gasteiger partial charge >= 0.3 is 0 Å². The number of hydrogen-bond acceptors (Lipinski definition) is 3. The van der Waals surface area contributed by atoms with Crippen LogP contribution in [0.1, 0.15) is 34.6 Å². The van der Waals surface area contributed by atoms with Gasteiger partial charge in [-0.15, -0.1) is 0 Å². The van der Waals surface area contributed by atoms with Crippen molar-refractivity contribution in [3.05, 3.63) is 65.5 Å². The molecule has 1 unspecified atom stereocenters. The third-order valence-corrected chi connectivity index (χ3v) is 2.96. The predicted molar refractivity (Wildman–Crippen MR) is 74.5 cm³/mol. The summed E-state index contributed by atoms with van der Waals surface area (Å²) in [6.07, 6.45) is 1.78. The molecule has 4 nitrogen and oxygen atoms in total. The number of primary amides is 1. The van der Waals surface area contributed by atoms with Gasteiger partial charge < -0.3 is 11.1 Å². The van der Waals surface area contributed by atoms with E-state index < -0.39 is 5.91 Å². The number of rotatable bonds is 5. The Kier molecular flexibility index (Phi) is 4.26. The second-order valence-corrected chi connectivity index (χ2v) is 4.42. The zero-order chi connectivity index (χ0) is 13.7. The molecule has 3 N–H and O–H groups in total. The summed E-state index contributed by atoms with van der Waals surface area (Å²) in [4.78, 5) is 15.4. The van der Waals surface area contributed by atoms with Crippen LogP contribution in [0, 0.1) is 0 Å². The number of nitrogens with one attached hydrogen (secondary N) is 1. The van der Waals surface area contributed by atoms with E-state index in [9.17, 15) is 4.79 Å². The highest BCUT2D eigenvalue weighted by molar-refractivity contribution is 5.92. The zero-order valence-corrected chi connectivity index (χ0v) is 10.8. The van der Waals surface area contributed by atoms with Gasteiger partial charge in [-0.2, -0.15) is 0 Å². The van der Waals surface area contributed by atoms with Crippen molar-refractivity contribution in [3.63, 3.8) is 0 Å². The molecular weight excluding hydrogens is 238 g/mol. The van der Waals surface area contributed by atoms with Crippen LogP contribution in [0.4, 0.5) is 0 Å². The van der Waals surface area contributed by atoms with Gasteiger partial charge in [-0.1, -0.05) is 18.2 Å². The van der Waals surface area contributed by atoms with Crippen molar-refractivity contribution in [1.82, 2.24) is 10.3 Å². The van der Waals surface area contributed by atoms with Crippen molar-refractivity contribution in [2.24, 2.45) is 5.73 Å². The quantitative estimate of drug-likeness (QED) is 0.859. The summed E-state index contributed by atoms with van der Waals surface area (Å²) in [5.74, 6) is -0.403. The van der Waals surface area contributed by atoms with Gasteiger partial charge in [-0.25, -0.2) is 0 Å². The summed E-state index contributed by atoms with van der Waals surface area (Å²) >= 11 is 0. The van der Waals surface area contributed by atoms with Crippen LogP contribution >= 0.6 is 0 Å². The van der Waals surface area contributed by atoms with Crippen LogP contribution in [0.3, 0.4) is 0 Å². The summed E-state index contributed by atoms with van der Waals surface area (Å²) < 4.78 is 0. The minimum absolute atomic E-state index is 0.151. The Balaban J connectivity index is 1.99. The molecule has 0 aliphatic heterocycles. The van der Waals surface area contributed by atoms with Crippen molar-refractivity contribution in [1.29, 1.82) is 0 Å². The summed E-state index contributed by atoms with van der Waals surface area (Å²) in [6.45, 7) is 2.72. The normalized spacial score (nSPS) is 12.1. The number of nitrogens with two attached hydrogens (primary N) is 1. The van der Waals surface area contributed by atoms with E-state index >= 15 is 0 Å². The van der Waals surface area contributed by atoms with Gasteiger partial charge in [-0.3, -0.25) is 9.78 Å². The molecule has 2 aromatic rings. The third-order valence-electron chi connectivity index (χ3n) is 2.96. The molecule has 0 saturated heterocycles. The van der Waals surface area contributed by atoms with E-state index in [-0.39, 0.29) is 6.04 Å². The number of pyridine rings is 1. The first kappa shape index (κ1) is 13.2. The van der Waals surface area contributed by atoms with Crippen LogP contribution in [0.15, 0.2) is 48.7 Å². The molecule has 0 aliphatic carbocycles. The maximum absolute atomic E-state index is 11.1. The SMILES string of the molecule is CC(NCc1cccc(C(N)=O)c1)c1ccccn1. The lowest BCUT2D eigenvalue weighted by atomic mass is 10.1. The molecule has 98 valence electrons. The number of aromatic nitrogens is 1. The van der Waals surface area contributed by atoms with Crippen molar-refractivity contribution < 1.29 is 4.79 Å². The molecule has 0 aliphatic rings. The topological polar surface area (TPSA) is 68.0 Å². The molecule has 1 aromatic heterocycles. The van der Waals surface area contributed by atoms with Gasteiger partial charge in [0.05, 0.1) is 5.69 Å². The van der Waals surface area contributed by atoms with Gasteiger partial charge in [0.15, 0.2) is 0 Å². The molecule has 2 rings (SSSR count). The Hall–Kier alpha value is -2.20. The van der Waals surface area contributed by atoms with Crippen molar-refractivity contribution in [2.75, 3.05) is 0 Å². The van der Waals surface area contributed by atoms with Gasteiger partial charge in [0.2, 0.25) is 5.91 Å². The first-order valence-corrected chi connectivity index (χ1v) is 6.20. The van der Waals surface area contributed by atoms with Gasteiger partial charge in [0.1, 0.15) is 0 Å². The Bertz CT molecular complexity index is 554. The van der Waals surface area contributed by atoms with E-state index in [0.29, 0.717) is 12.1 Å². The highest BCUT2D eigenvalue weighted by Crippen LogP contribution is 2.10. The van der Waals surface area contributed by atoms with Crippen LogP contribution < -0.4 is 11.1 Å². The van der Waals surface area contributed by atoms with E-state index in [1.807, 2.05) is 30.3 Å². The van der Waals surface area contributed by atoms with Crippen molar-refractivity contribution in [3.8, 4) is 0 Å². The lowest BCUT2D eigenvalue weighted by Gasteiger charge is -2.13. The van der Waals surface area contributed by atoms with E-state index in [0.717, 1.165) is 11.3 Å². The molecule has 0 radical (unpaired) electrons. The molecular formula is C15H17N3O. The molecule has 19 heavy (non-hydrogen) atoms. The predicted octanol–water partition coefficient (Wildman–Crippen LogP) is 2.03. The molecule has 1 aromatic carbocycles. The Morgan fingerprint density at radius 2 is 2.16 bits per heavy atom. The lowest BCUT2D eigenvalue weighted by molar-refractivity contribution is 0.1000. The van der Waals surface area contributed by atoms with Gasteiger partial charge in [0, 0.05) is 24.3 Å². The number of hydrogen-bond donors (Lipinski definition) is 2. The number of carbonyl (C=O) groups is 1. The fraction of sp³-hybridized carbons (Fsp3) is 0.200. The highest BCUT2D eigenvalue weighted by Gasteiger charge is 2.06. The summed E-state index contributed by atoms with van der Waals surface area (Å²) in [5.41, 5.74) is 7.81. The first-order chi connectivity index (χ1) is 9.16. The number of benzene rings is 1. The van der Waals surface area contributed by atoms with E-state index in [1.165, 1.54) is 0 Å². The minimum Gasteiger partial charge on any atom is -0.366 e. The standard InChI is InChI=1S/C15H17N3O/c1-11(14-7-2-3-8-17-14)18-10-12-5-4-6-13(9-12)15(16)19/h2-9,11,18H,10H2,1H3,(H2,16,19). The zero-order valence-electron chi connectivity index (χ0n) is 10.8. The first-order valence-electron chi connectivity index (χ1n) is 6.20. The summed E-state index contributed by atoms with van der Waals surface area (Å²) in [7, 11) is 0. The average molecular weight is 255 g/mol. The fourth-order valence-electron chi connectivity index (χ4n) is 1.84. The second kappa shape index (κ2) is 6.11. The Labute approximate surface area is 112 Å². The number of amides is 1. The minimum atomic E-state index is -0.403. The van der Waals surface area contributed by atoms with Crippen molar-refractivity contribution >= 4 is 5.91 Å². The molecule has 0 spiro atoms. The lowest BCUT2D eigenvalue weighted by Crippen LogP contribution is -2.19. The number of carbonyl (C=O) groups excluding carboxylic acids is 1. The summed E-state index contributed by atoms with van der Waals surface area (Å²) in [6, 6.07) is 13.3. The van der Waals surface area contributed by atoms with Crippen molar-refractivity contribution in [2.45, 2.75) is 19.5 Å². The fourth-order valence-corrected chi connectivity index (χ4v) is 1.84. The average Bonchev–Trinajstić information content (AvgIpc) is 2.46. The van der Waals surface area contributed by atoms with E-state index in [2.05, 4.69) is 17.2 Å². The Morgan fingerprint density at radius 1 is 1.32 bits per heavy atom. The monoisotopic (exact) mass is 255 g/mol. The Morgan fingerprint density at radius 3 is 2.84 bits per heavy atom. The van der Waals surface area contributed by atoms with Crippen LogP contribution in [0.2, 0.25) is 0 Å². The molecule has 1 atom stereocenters. The van der Waals surface area contributed by atoms with Crippen LogP contribution in [-0.2, 0) is 6.54 Å². The molecule has 0 bridgehead atoms. The smallest absolute Gasteiger partial charge is 0.248 e. The number of nitrogens with zero attached hydrogens (tertiary/aromatic N) is 1. The van der Waals surface area contributed by atoms with Crippen LogP contribution in [0.25, 0.3) is 0 Å². The molecule has 1 amide bonds. The summed E-state index contributed by atoms with van der Waals surface area (Å²) in [5, 5.41) is 3.37. The highest BCUT2D eigenvalue weighted by atomic mass is 16.1. The van der Waals surface area contributed by atoms with Gasteiger partial charge in [-0.05, 0) is 36.8 Å². The van der Waals surface area contributed by atoms with E-state index in [4.69, 9.17) is 5.73 Å².